The van der Waals surface area contributed by atoms with Crippen molar-refractivity contribution in [3.05, 3.63) is 94.0 Å². The van der Waals surface area contributed by atoms with E-state index >= 15 is 0 Å². The summed E-state index contributed by atoms with van der Waals surface area (Å²) in [6, 6.07) is 23.1. The van der Waals surface area contributed by atoms with Crippen LogP contribution in [0.5, 0.6) is 0 Å². The lowest BCUT2D eigenvalue weighted by Gasteiger charge is -2.29. The van der Waals surface area contributed by atoms with Gasteiger partial charge in [0.2, 0.25) is 11.8 Å². The Morgan fingerprint density at radius 2 is 1.44 bits per heavy atom. The summed E-state index contributed by atoms with van der Waals surface area (Å²) in [5.41, 5.74) is 3.11. The van der Waals surface area contributed by atoms with Gasteiger partial charge in [0.25, 0.3) is 0 Å². The van der Waals surface area contributed by atoms with E-state index < -0.39 is 0 Å². The number of carbonyl (C=O) groups is 2. The monoisotopic (exact) mass is 512 g/mol. The zero-order chi connectivity index (χ0) is 23.9. The Morgan fingerprint density at radius 1 is 0.853 bits per heavy atom. The molecular formula is C27H26Cl2N2O2S. The van der Waals surface area contributed by atoms with Crippen LogP contribution < -0.4 is 10.2 Å². The zero-order valence-corrected chi connectivity index (χ0v) is 21.0. The molecule has 4 rings (SSSR count). The number of anilines is 1. The normalized spacial score (nSPS) is 13.0. The summed E-state index contributed by atoms with van der Waals surface area (Å²) >= 11 is 13.8. The fraction of sp³-hybridized carbons (Fsp3) is 0.259. The predicted octanol–water partition coefficient (Wildman–Crippen LogP) is 6.18. The lowest BCUT2D eigenvalue weighted by molar-refractivity contribution is -0.125. The van der Waals surface area contributed by atoms with Crippen LogP contribution in [0.4, 0.5) is 5.69 Å². The Kier molecular flexibility index (Phi) is 8.54. The number of para-hydroxylation sites is 1. The van der Waals surface area contributed by atoms with Crippen molar-refractivity contribution in [3.63, 3.8) is 0 Å². The molecule has 1 N–H and O–H groups in total. The molecular weight excluding hydrogens is 487 g/mol. The van der Waals surface area contributed by atoms with Gasteiger partial charge in [-0.3, -0.25) is 9.59 Å². The molecule has 0 atom stereocenters. The van der Waals surface area contributed by atoms with E-state index in [4.69, 9.17) is 23.2 Å². The van der Waals surface area contributed by atoms with E-state index in [9.17, 15) is 9.59 Å². The minimum Gasteiger partial charge on any atom is -0.353 e. The molecule has 0 bridgehead atoms. The van der Waals surface area contributed by atoms with Crippen LogP contribution in [-0.2, 0) is 22.4 Å². The molecule has 2 amide bonds. The summed E-state index contributed by atoms with van der Waals surface area (Å²) in [4.78, 5) is 28.7. The number of carbonyl (C=O) groups excluding carboxylic acids is 2. The molecule has 0 saturated heterocycles. The van der Waals surface area contributed by atoms with Gasteiger partial charge in [-0.25, -0.2) is 0 Å². The van der Waals surface area contributed by atoms with Crippen LogP contribution in [0.2, 0.25) is 10.0 Å². The van der Waals surface area contributed by atoms with E-state index in [2.05, 4.69) is 5.32 Å². The third-order valence-corrected chi connectivity index (χ3v) is 7.30. The lowest BCUT2D eigenvalue weighted by atomic mass is 9.98. The second-order valence-corrected chi connectivity index (χ2v) is 10.3. The highest BCUT2D eigenvalue weighted by Gasteiger charge is 2.23. The summed E-state index contributed by atoms with van der Waals surface area (Å²) < 4.78 is 0. The smallest absolute Gasteiger partial charge is 0.227 e. The Bertz CT molecular complexity index is 1090. The molecule has 1 heterocycles. The van der Waals surface area contributed by atoms with Crippen molar-refractivity contribution >= 4 is 52.5 Å². The predicted molar refractivity (Wildman–Crippen MR) is 141 cm³/mol. The molecule has 0 saturated carbocycles. The van der Waals surface area contributed by atoms with Gasteiger partial charge in [0.15, 0.2) is 0 Å². The number of rotatable bonds is 8. The maximum Gasteiger partial charge on any atom is 0.227 e. The number of hydrogen-bond donors (Lipinski definition) is 1. The number of amides is 2. The Hall–Kier alpha value is -2.47. The van der Waals surface area contributed by atoms with Gasteiger partial charge in [-0.1, -0.05) is 59.6 Å². The number of benzene rings is 3. The van der Waals surface area contributed by atoms with Gasteiger partial charge in [-0.05, 0) is 60.4 Å². The molecule has 3 aromatic rings. The standard InChI is InChI=1S/C27H26Cl2N2O2S/c28-21-9-5-19(6-10-21)17-23(18-20-7-11-22(29)12-8-20)30-26(32)13-14-27(33)31-15-16-34-25-4-2-1-3-24(25)31/h1-12,23H,13-18H2,(H,30,32). The van der Waals surface area contributed by atoms with Gasteiger partial charge in [-0.15, -0.1) is 11.8 Å². The number of halogens is 2. The largest absolute Gasteiger partial charge is 0.353 e. The second-order valence-electron chi connectivity index (χ2n) is 8.29. The highest BCUT2D eigenvalue weighted by molar-refractivity contribution is 7.99. The number of hydrogen-bond acceptors (Lipinski definition) is 3. The molecule has 0 unspecified atom stereocenters. The Balaban J connectivity index is 1.38. The molecule has 34 heavy (non-hydrogen) atoms. The van der Waals surface area contributed by atoms with E-state index in [0.717, 1.165) is 27.5 Å². The van der Waals surface area contributed by atoms with Crippen molar-refractivity contribution in [1.82, 2.24) is 5.32 Å². The molecule has 3 aromatic carbocycles. The first-order valence-corrected chi connectivity index (χ1v) is 13.0. The number of nitrogens with zero attached hydrogens (tertiary/aromatic N) is 1. The SMILES string of the molecule is O=C(CCC(=O)N1CCSc2ccccc21)NC(Cc1ccc(Cl)cc1)Cc1ccc(Cl)cc1. The zero-order valence-electron chi connectivity index (χ0n) is 18.7. The van der Waals surface area contributed by atoms with Crippen LogP contribution in [0.3, 0.4) is 0 Å². The van der Waals surface area contributed by atoms with E-state index in [1.807, 2.05) is 72.8 Å². The first-order valence-electron chi connectivity index (χ1n) is 11.3. The number of nitrogens with one attached hydrogen (secondary N) is 1. The first kappa shape index (κ1) is 24.6. The van der Waals surface area contributed by atoms with Gasteiger partial charge in [0.1, 0.15) is 0 Å². The van der Waals surface area contributed by atoms with E-state index in [1.54, 1.807) is 16.7 Å². The third-order valence-electron chi connectivity index (χ3n) is 5.75. The van der Waals surface area contributed by atoms with Crippen LogP contribution >= 0.6 is 35.0 Å². The van der Waals surface area contributed by atoms with Crippen molar-refractivity contribution in [2.45, 2.75) is 36.6 Å². The average Bonchev–Trinajstić information content (AvgIpc) is 2.85. The molecule has 0 aliphatic carbocycles. The summed E-state index contributed by atoms with van der Waals surface area (Å²) in [5.74, 6) is 0.718. The molecule has 0 fully saturated rings. The average molecular weight is 513 g/mol. The lowest BCUT2D eigenvalue weighted by Crippen LogP contribution is -2.40. The number of thioether (sulfide) groups is 1. The minimum atomic E-state index is -0.124. The van der Waals surface area contributed by atoms with Crippen molar-refractivity contribution < 1.29 is 9.59 Å². The Morgan fingerprint density at radius 3 is 2.06 bits per heavy atom. The van der Waals surface area contributed by atoms with Gasteiger partial charge < -0.3 is 10.2 Å². The van der Waals surface area contributed by atoms with Gasteiger partial charge in [0.05, 0.1) is 5.69 Å². The third kappa shape index (κ3) is 6.78. The summed E-state index contributed by atoms with van der Waals surface area (Å²) in [6.45, 7) is 0.665. The van der Waals surface area contributed by atoms with Crippen LogP contribution in [0.15, 0.2) is 77.7 Å². The molecule has 4 nitrogen and oxygen atoms in total. The summed E-state index contributed by atoms with van der Waals surface area (Å²) in [6.07, 6.45) is 1.66. The minimum absolute atomic E-state index is 0.0187. The fourth-order valence-corrected chi connectivity index (χ4v) is 5.31. The van der Waals surface area contributed by atoms with E-state index in [0.29, 0.717) is 29.4 Å². The van der Waals surface area contributed by atoms with Gasteiger partial charge >= 0.3 is 0 Å². The molecule has 0 radical (unpaired) electrons. The topological polar surface area (TPSA) is 49.4 Å². The molecule has 1 aliphatic rings. The fourth-order valence-electron chi connectivity index (χ4n) is 4.07. The quantitative estimate of drug-likeness (QED) is 0.391. The molecule has 176 valence electrons. The highest BCUT2D eigenvalue weighted by Crippen LogP contribution is 2.34. The van der Waals surface area contributed by atoms with Gasteiger partial charge in [0, 0.05) is 46.1 Å². The Labute approximate surface area is 214 Å². The molecule has 7 heteroatoms. The maximum atomic E-state index is 12.9. The number of fused-ring (bicyclic) bond motifs is 1. The summed E-state index contributed by atoms with van der Waals surface area (Å²) in [7, 11) is 0. The van der Waals surface area contributed by atoms with E-state index in [1.165, 1.54) is 0 Å². The first-order chi connectivity index (χ1) is 16.5. The van der Waals surface area contributed by atoms with Crippen molar-refractivity contribution in [1.29, 1.82) is 0 Å². The summed E-state index contributed by atoms with van der Waals surface area (Å²) in [5, 5.41) is 4.50. The van der Waals surface area contributed by atoms with Crippen LogP contribution in [0.1, 0.15) is 24.0 Å². The molecule has 1 aliphatic heterocycles. The van der Waals surface area contributed by atoms with Crippen LogP contribution in [0.25, 0.3) is 0 Å². The molecule has 0 spiro atoms. The van der Waals surface area contributed by atoms with Crippen molar-refractivity contribution in [2.75, 3.05) is 17.2 Å². The van der Waals surface area contributed by atoms with E-state index in [-0.39, 0.29) is 30.7 Å². The van der Waals surface area contributed by atoms with Gasteiger partial charge in [-0.2, -0.15) is 0 Å². The molecule has 0 aromatic heterocycles. The van der Waals surface area contributed by atoms with Crippen LogP contribution in [-0.4, -0.2) is 30.2 Å². The second kappa shape index (κ2) is 11.8. The van der Waals surface area contributed by atoms with Crippen molar-refractivity contribution in [2.24, 2.45) is 0 Å². The maximum absolute atomic E-state index is 12.9. The van der Waals surface area contributed by atoms with Crippen LogP contribution in [0, 0.1) is 0 Å². The highest BCUT2D eigenvalue weighted by atomic mass is 35.5. The van der Waals surface area contributed by atoms with Crippen molar-refractivity contribution in [3.8, 4) is 0 Å².